The molecular formula is C12H20O3. The normalized spacial score (nSPS) is 32.3. The lowest BCUT2D eigenvalue weighted by Crippen LogP contribution is -2.28. The highest BCUT2D eigenvalue weighted by Gasteiger charge is 2.27. The summed E-state index contributed by atoms with van der Waals surface area (Å²) in [4.78, 5) is 10.7. The second kappa shape index (κ2) is 4.97. The molecule has 0 atom stereocenters. The van der Waals surface area contributed by atoms with Crippen LogP contribution in [-0.2, 0) is 9.53 Å². The first-order chi connectivity index (χ1) is 7.25. The molecule has 0 unspecified atom stereocenters. The Labute approximate surface area is 90.8 Å². The Kier molecular flexibility index (Phi) is 3.62. The molecule has 2 aliphatic rings. The maximum Gasteiger partial charge on any atom is 0.306 e. The molecule has 2 fully saturated rings. The first-order valence-electron chi connectivity index (χ1n) is 6.10. The van der Waals surface area contributed by atoms with Crippen molar-refractivity contribution in [3.05, 3.63) is 0 Å². The summed E-state index contributed by atoms with van der Waals surface area (Å²) < 4.78 is 5.82. The van der Waals surface area contributed by atoms with E-state index >= 15 is 0 Å². The van der Waals surface area contributed by atoms with Crippen LogP contribution in [-0.4, -0.2) is 23.8 Å². The summed E-state index contributed by atoms with van der Waals surface area (Å²) in [7, 11) is 0. The van der Waals surface area contributed by atoms with E-state index in [9.17, 15) is 4.79 Å². The second-order valence-electron chi connectivity index (χ2n) is 4.94. The van der Waals surface area contributed by atoms with Crippen LogP contribution in [0.15, 0.2) is 0 Å². The molecule has 3 heteroatoms. The zero-order valence-electron chi connectivity index (χ0n) is 9.15. The molecule has 0 aliphatic heterocycles. The van der Waals surface area contributed by atoms with Gasteiger partial charge in [0.15, 0.2) is 0 Å². The van der Waals surface area contributed by atoms with Crippen LogP contribution in [0, 0.1) is 11.8 Å². The van der Waals surface area contributed by atoms with Crippen LogP contribution in [0.1, 0.15) is 44.9 Å². The average Bonchev–Trinajstić information content (AvgIpc) is 2.16. The Morgan fingerprint density at radius 1 is 1.13 bits per heavy atom. The van der Waals surface area contributed by atoms with Gasteiger partial charge in [-0.05, 0) is 44.4 Å². The molecule has 0 radical (unpaired) electrons. The first-order valence-corrected chi connectivity index (χ1v) is 6.10. The summed E-state index contributed by atoms with van der Waals surface area (Å²) in [6.45, 7) is 0.905. The van der Waals surface area contributed by atoms with Gasteiger partial charge in [0.2, 0.25) is 0 Å². The van der Waals surface area contributed by atoms with Crippen LogP contribution in [0.3, 0.4) is 0 Å². The number of carboxylic acids is 1. The van der Waals surface area contributed by atoms with Gasteiger partial charge in [-0.3, -0.25) is 4.79 Å². The highest BCUT2D eigenvalue weighted by Crippen LogP contribution is 2.30. The number of carbonyl (C=O) groups is 1. The Morgan fingerprint density at radius 3 is 2.27 bits per heavy atom. The van der Waals surface area contributed by atoms with Crippen molar-refractivity contribution in [3.63, 3.8) is 0 Å². The number of hydrogen-bond acceptors (Lipinski definition) is 2. The Morgan fingerprint density at radius 2 is 1.80 bits per heavy atom. The number of aliphatic carboxylic acids is 1. The molecular weight excluding hydrogens is 192 g/mol. The summed E-state index contributed by atoms with van der Waals surface area (Å²) in [6.07, 6.45) is 7.80. The van der Waals surface area contributed by atoms with Crippen molar-refractivity contribution in [2.45, 2.75) is 51.0 Å². The molecule has 0 aromatic heterocycles. The minimum atomic E-state index is -0.632. The molecule has 15 heavy (non-hydrogen) atoms. The van der Waals surface area contributed by atoms with E-state index < -0.39 is 5.97 Å². The monoisotopic (exact) mass is 212 g/mol. The topological polar surface area (TPSA) is 46.5 Å². The first kappa shape index (κ1) is 10.9. The van der Waals surface area contributed by atoms with E-state index in [0.717, 1.165) is 38.2 Å². The summed E-state index contributed by atoms with van der Waals surface area (Å²) in [5.74, 6) is 0.0446. The molecule has 2 saturated carbocycles. The van der Waals surface area contributed by atoms with E-state index in [4.69, 9.17) is 9.84 Å². The predicted octanol–water partition coefficient (Wildman–Crippen LogP) is 2.45. The standard InChI is InChI=1S/C12H20O3/c13-12(14)10-4-6-11(7-5-10)15-8-9-2-1-3-9/h9-11H,1-8H2,(H,13,14). The molecule has 1 N–H and O–H groups in total. The predicted molar refractivity (Wildman–Crippen MR) is 56.7 cm³/mol. The van der Waals surface area contributed by atoms with E-state index in [1.165, 1.54) is 19.3 Å². The zero-order valence-corrected chi connectivity index (χ0v) is 9.15. The summed E-state index contributed by atoms with van der Waals surface area (Å²) in [6, 6.07) is 0. The van der Waals surface area contributed by atoms with E-state index in [-0.39, 0.29) is 5.92 Å². The molecule has 0 saturated heterocycles. The van der Waals surface area contributed by atoms with E-state index in [1.807, 2.05) is 0 Å². The SMILES string of the molecule is O=C(O)C1CCC(OCC2CCC2)CC1. The molecule has 2 rings (SSSR count). The van der Waals surface area contributed by atoms with Gasteiger partial charge >= 0.3 is 5.97 Å². The van der Waals surface area contributed by atoms with Gasteiger partial charge in [0, 0.05) is 6.61 Å². The van der Waals surface area contributed by atoms with Crippen molar-refractivity contribution >= 4 is 5.97 Å². The molecule has 0 bridgehead atoms. The fraction of sp³-hybridized carbons (Fsp3) is 0.917. The number of carboxylic acid groups (broad SMARTS) is 1. The van der Waals surface area contributed by atoms with Gasteiger partial charge in [-0.15, -0.1) is 0 Å². The third-order valence-electron chi connectivity index (χ3n) is 3.82. The Bertz CT molecular complexity index is 215. The molecule has 0 aromatic rings. The molecule has 0 amide bonds. The van der Waals surface area contributed by atoms with Crippen molar-refractivity contribution < 1.29 is 14.6 Å². The minimum absolute atomic E-state index is 0.117. The smallest absolute Gasteiger partial charge is 0.306 e. The van der Waals surface area contributed by atoms with Crippen molar-refractivity contribution in [1.29, 1.82) is 0 Å². The van der Waals surface area contributed by atoms with Gasteiger partial charge in [0.05, 0.1) is 12.0 Å². The summed E-state index contributed by atoms with van der Waals surface area (Å²) in [5.41, 5.74) is 0. The largest absolute Gasteiger partial charge is 0.481 e. The third kappa shape index (κ3) is 2.94. The molecule has 3 nitrogen and oxygen atoms in total. The second-order valence-corrected chi connectivity index (χ2v) is 4.94. The third-order valence-corrected chi connectivity index (χ3v) is 3.82. The maximum atomic E-state index is 10.7. The molecule has 0 spiro atoms. The lowest BCUT2D eigenvalue weighted by molar-refractivity contribution is -0.144. The number of rotatable bonds is 4. The van der Waals surface area contributed by atoms with Gasteiger partial charge in [-0.1, -0.05) is 6.42 Å². The zero-order chi connectivity index (χ0) is 10.7. The van der Waals surface area contributed by atoms with E-state index in [0.29, 0.717) is 6.10 Å². The van der Waals surface area contributed by atoms with Crippen LogP contribution in [0.2, 0.25) is 0 Å². The lowest BCUT2D eigenvalue weighted by Gasteiger charge is -2.30. The van der Waals surface area contributed by atoms with Crippen LogP contribution in [0.4, 0.5) is 0 Å². The molecule has 0 heterocycles. The highest BCUT2D eigenvalue weighted by atomic mass is 16.5. The van der Waals surface area contributed by atoms with Crippen molar-refractivity contribution in [1.82, 2.24) is 0 Å². The molecule has 86 valence electrons. The quantitative estimate of drug-likeness (QED) is 0.778. The van der Waals surface area contributed by atoms with Gasteiger partial charge in [0.25, 0.3) is 0 Å². The highest BCUT2D eigenvalue weighted by molar-refractivity contribution is 5.69. The number of ether oxygens (including phenoxy) is 1. The van der Waals surface area contributed by atoms with Crippen LogP contribution in [0.5, 0.6) is 0 Å². The fourth-order valence-electron chi connectivity index (χ4n) is 2.41. The van der Waals surface area contributed by atoms with Crippen LogP contribution < -0.4 is 0 Å². The van der Waals surface area contributed by atoms with Gasteiger partial charge in [-0.25, -0.2) is 0 Å². The van der Waals surface area contributed by atoms with Crippen molar-refractivity contribution in [3.8, 4) is 0 Å². The van der Waals surface area contributed by atoms with Gasteiger partial charge < -0.3 is 9.84 Å². The van der Waals surface area contributed by atoms with Crippen molar-refractivity contribution in [2.75, 3.05) is 6.61 Å². The summed E-state index contributed by atoms with van der Waals surface area (Å²) in [5, 5.41) is 8.85. The fourth-order valence-corrected chi connectivity index (χ4v) is 2.41. The van der Waals surface area contributed by atoms with E-state index in [1.54, 1.807) is 0 Å². The van der Waals surface area contributed by atoms with Crippen molar-refractivity contribution in [2.24, 2.45) is 11.8 Å². The van der Waals surface area contributed by atoms with Crippen LogP contribution in [0.25, 0.3) is 0 Å². The van der Waals surface area contributed by atoms with Crippen LogP contribution >= 0.6 is 0 Å². The maximum absolute atomic E-state index is 10.7. The Hall–Kier alpha value is -0.570. The number of hydrogen-bond donors (Lipinski definition) is 1. The van der Waals surface area contributed by atoms with Gasteiger partial charge in [0.1, 0.15) is 0 Å². The van der Waals surface area contributed by atoms with E-state index in [2.05, 4.69) is 0 Å². The minimum Gasteiger partial charge on any atom is -0.481 e. The molecule has 0 aromatic carbocycles. The summed E-state index contributed by atoms with van der Waals surface area (Å²) >= 11 is 0. The average molecular weight is 212 g/mol. The Balaban J connectivity index is 1.62. The van der Waals surface area contributed by atoms with Gasteiger partial charge in [-0.2, -0.15) is 0 Å². The molecule has 2 aliphatic carbocycles. The lowest BCUT2D eigenvalue weighted by atomic mass is 9.85.